The number of nitrogens with one attached hydrogen (secondary N) is 1. The zero-order chi connectivity index (χ0) is 19.9. The number of rotatable bonds is 1. The van der Waals surface area contributed by atoms with Crippen LogP contribution in [0.15, 0.2) is 67.3 Å². The van der Waals surface area contributed by atoms with Crippen molar-refractivity contribution in [1.82, 2.24) is 9.13 Å². The molecule has 0 aliphatic heterocycles. The summed E-state index contributed by atoms with van der Waals surface area (Å²) in [6.45, 7) is 5.48. The Labute approximate surface area is 162 Å². The molecule has 0 spiro atoms. The molecule has 2 aromatic carbocycles. The van der Waals surface area contributed by atoms with E-state index < -0.39 is 11.7 Å². The summed E-state index contributed by atoms with van der Waals surface area (Å²) in [4.78, 5) is 24.8. The highest BCUT2D eigenvalue weighted by atomic mass is 16.6. The highest BCUT2D eigenvalue weighted by Crippen LogP contribution is 2.22. The molecule has 0 aliphatic rings. The number of carbonyl (C=O) groups excluding carboxylic acids is 2. The average Bonchev–Trinajstić information content (AvgIpc) is 3.24. The van der Waals surface area contributed by atoms with E-state index in [0.29, 0.717) is 5.69 Å². The molecule has 0 fully saturated rings. The number of nitrogens with zero attached hydrogens (tertiary/aromatic N) is 2. The van der Waals surface area contributed by atoms with Crippen molar-refractivity contribution in [3.8, 4) is 0 Å². The molecule has 1 amide bonds. The Morgan fingerprint density at radius 1 is 0.821 bits per heavy atom. The predicted molar refractivity (Wildman–Crippen MR) is 110 cm³/mol. The zero-order valence-electron chi connectivity index (χ0n) is 16.0. The lowest BCUT2D eigenvalue weighted by molar-refractivity contribution is 0.0538. The van der Waals surface area contributed by atoms with Crippen molar-refractivity contribution in [2.75, 3.05) is 5.32 Å². The van der Waals surface area contributed by atoms with E-state index in [1.165, 1.54) is 9.13 Å². The van der Waals surface area contributed by atoms with E-state index in [1.807, 2.05) is 63.2 Å². The molecule has 0 atom stereocenters. The largest absolute Gasteiger partial charge is 0.443 e. The first-order valence-corrected chi connectivity index (χ1v) is 9.02. The van der Waals surface area contributed by atoms with Crippen molar-refractivity contribution in [3.63, 3.8) is 0 Å². The molecule has 2 heterocycles. The molecule has 0 unspecified atom stereocenters. The first kappa shape index (κ1) is 17.9. The Balaban J connectivity index is 1.55. The Morgan fingerprint density at radius 2 is 1.39 bits per heavy atom. The second-order valence-electron chi connectivity index (χ2n) is 7.71. The minimum atomic E-state index is -0.563. The molecule has 6 nitrogen and oxygen atoms in total. The summed E-state index contributed by atoms with van der Waals surface area (Å²) in [5.41, 5.74) is 0.0877. The maximum absolute atomic E-state index is 12.6. The highest BCUT2D eigenvalue weighted by Gasteiger charge is 2.18. The van der Waals surface area contributed by atoms with Gasteiger partial charge in [0, 0.05) is 41.2 Å². The van der Waals surface area contributed by atoms with Crippen LogP contribution < -0.4 is 5.32 Å². The molecule has 0 radical (unpaired) electrons. The Bertz CT molecular complexity index is 1160. The van der Waals surface area contributed by atoms with Crippen LogP contribution in [0.1, 0.15) is 20.8 Å². The number of benzene rings is 2. The lowest BCUT2D eigenvalue weighted by Gasteiger charge is -2.19. The van der Waals surface area contributed by atoms with Crippen LogP contribution in [0.2, 0.25) is 0 Å². The smallest absolute Gasteiger partial charge is 0.418 e. The third-order valence-corrected chi connectivity index (χ3v) is 4.29. The van der Waals surface area contributed by atoms with E-state index in [2.05, 4.69) is 5.32 Å². The van der Waals surface area contributed by atoms with Crippen LogP contribution in [0.4, 0.5) is 15.3 Å². The van der Waals surface area contributed by atoms with Gasteiger partial charge in [0.25, 0.3) is 0 Å². The van der Waals surface area contributed by atoms with E-state index in [9.17, 15) is 9.59 Å². The van der Waals surface area contributed by atoms with Crippen LogP contribution in [-0.4, -0.2) is 26.9 Å². The quantitative estimate of drug-likeness (QED) is 0.480. The maximum atomic E-state index is 12.6. The summed E-state index contributed by atoms with van der Waals surface area (Å²) in [6, 6.07) is 13.1. The Morgan fingerprint density at radius 3 is 2.04 bits per heavy atom. The molecule has 2 aromatic heterocycles. The van der Waals surface area contributed by atoms with Crippen LogP contribution in [0.5, 0.6) is 0 Å². The fourth-order valence-electron chi connectivity index (χ4n) is 3.03. The van der Waals surface area contributed by atoms with Gasteiger partial charge in [-0.15, -0.1) is 0 Å². The number of hydrogen-bond acceptors (Lipinski definition) is 3. The van der Waals surface area contributed by atoms with Gasteiger partial charge in [0.15, 0.2) is 0 Å². The first-order chi connectivity index (χ1) is 13.3. The molecular weight excluding hydrogens is 354 g/mol. The lowest BCUT2D eigenvalue weighted by Crippen LogP contribution is -2.26. The predicted octanol–water partition coefficient (Wildman–Crippen LogP) is 5.46. The summed E-state index contributed by atoms with van der Waals surface area (Å²) in [7, 11) is 0. The molecule has 4 aromatic rings. The normalized spacial score (nSPS) is 11.7. The van der Waals surface area contributed by atoms with Crippen LogP contribution in [0.3, 0.4) is 0 Å². The van der Waals surface area contributed by atoms with Crippen molar-refractivity contribution in [1.29, 1.82) is 0 Å². The summed E-state index contributed by atoms with van der Waals surface area (Å²) < 4.78 is 8.33. The van der Waals surface area contributed by atoms with Gasteiger partial charge in [-0.3, -0.25) is 9.13 Å². The van der Waals surface area contributed by atoms with Crippen molar-refractivity contribution in [2.24, 2.45) is 0 Å². The number of ether oxygens (including phenoxy) is 1. The van der Waals surface area contributed by atoms with Gasteiger partial charge in [0.05, 0.1) is 0 Å². The fourth-order valence-corrected chi connectivity index (χ4v) is 3.03. The third-order valence-electron chi connectivity index (χ3n) is 4.29. The second kappa shape index (κ2) is 6.56. The minimum absolute atomic E-state index is 0.248. The molecule has 0 saturated heterocycles. The first-order valence-electron chi connectivity index (χ1n) is 9.02. The van der Waals surface area contributed by atoms with Gasteiger partial charge in [-0.25, -0.2) is 9.59 Å². The van der Waals surface area contributed by atoms with Gasteiger partial charge < -0.3 is 10.1 Å². The molecule has 1 N–H and O–H groups in total. The molecule has 28 heavy (non-hydrogen) atoms. The summed E-state index contributed by atoms with van der Waals surface area (Å²) >= 11 is 0. The van der Waals surface area contributed by atoms with Gasteiger partial charge in [0.2, 0.25) is 0 Å². The average molecular weight is 375 g/mol. The van der Waals surface area contributed by atoms with Crippen LogP contribution >= 0.6 is 0 Å². The van der Waals surface area contributed by atoms with E-state index in [0.717, 1.165) is 21.5 Å². The van der Waals surface area contributed by atoms with E-state index in [-0.39, 0.29) is 6.03 Å². The van der Waals surface area contributed by atoms with Crippen LogP contribution in [-0.2, 0) is 4.74 Å². The standard InChI is InChI=1S/C22H21N3O3/c1-22(2,3)28-21(27)25-13-17-8-9-19(10-18(17)14-25)23-20(26)24-11-15-6-4-5-7-16(15)12-24/h4-14H,1-3H3,(H,23,26). The molecule has 0 bridgehead atoms. The van der Waals surface area contributed by atoms with E-state index in [1.54, 1.807) is 24.8 Å². The Hall–Kier alpha value is -3.54. The third kappa shape index (κ3) is 3.62. The number of aromatic nitrogens is 2. The number of fused-ring (bicyclic) bond motifs is 2. The van der Waals surface area contributed by atoms with Gasteiger partial charge in [-0.1, -0.05) is 30.3 Å². The highest BCUT2D eigenvalue weighted by molar-refractivity contribution is 5.97. The summed E-state index contributed by atoms with van der Waals surface area (Å²) in [5, 5.41) is 6.61. The zero-order valence-corrected chi connectivity index (χ0v) is 16.0. The maximum Gasteiger partial charge on any atom is 0.418 e. The molecular formula is C22H21N3O3. The van der Waals surface area contributed by atoms with Crippen LogP contribution in [0.25, 0.3) is 21.5 Å². The second-order valence-corrected chi connectivity index (χ2v) is 7.71. The minimum Gasteiger partial charge on any atom is -0.443 e. The molecule has 0 saturated carbocycles. The van der Waals surface area contributed by atoms with Crippen molar-refractivity contribution in [3.05, 3.63) is 67.3 Å². The molecule has 4 rings (SSSR count). The molecule has 0 aliphatic carbocycles. The lowest BCUT2D eigenvalue weighted by atomic mass is 10.2. The van der Waals surface area contributed by atoms with Gasteiger partial charge >= 0.3 is 12.1 Å². The van der Waals surface area contributed by atoms with Crippen molar-refractivity contribution >= 4 is 39.4 Å². The van der Waals surface area contributed by atoms with Gasteiger partial charge in [-0.05, 0) is 43.7 Å². The van der Waals surface area contributed by atoms with Crippen LogP contribution in [0, 0.1) is 0 Å². The molecule has 142 valence electrons. The summed E-state index contributed by atoms with van der Waals surface area (Å²) in [5.74, 6) is 0. The van der Waals surface area contributed by atoms with E-state index >= 15 is 0 Å². The fraction of sp³-hybridized carbons (Fsp3) is 0.182. The van der Waals surface area contributed by atoms with Gasteiger partial charge in [-0.2, -0.15) is 0 Å². The Kier molecular flexibility index (Phi) is 4.19. The van der Waals surface area contributed by atoms with Gasteiger partial charge in [0.1, 0.15) is 5.60 Å². The topological polar surface area (TPSA) is 65.3 Å². The molecule has 6 heteroatoms. The summed E-state index contributed by atoms with van der Waals surface area (Å²) in [6.07, 6.45) is 6.56. The van der Waals surface area contributed by atoms with Crippen molar-refractivity contribution in [2.45, 2.75) is 26.4 Å². The van der Waals surface area contributed by atoms with E-state index in [4.69, 9.17) is 4.74 Å². The SMILES string of the molecule is CC(C)(C)OC(=O)n1cc2ccc(NC(=O)n3cc4ccccc4c3)cc2c1. The van der Waals surface area contributed by atoms with Crippen molar-refractivity contribution < 1.29 is 14.3 Å². The number of hydrogen-bond donors (Lipinski definition) is 1. The number of amides is 1. The number of carbonyl (C=O) groups is 2. The monoisotopic (exact) mass is 375 g/mol. The number of anilines is 1.